The highest BCUT2D eigenvalue weighted by molar-refractivity contribution is 7.67. The van der Waals surface area contributed by atoms with E-state index in [2.05, 4.69) is 33.0 Å². The maximum Gasteiger partial charge on any atom is 0.488 e. The molecular formula is C10H15N8O12P3. The van der Waals surface area contributed by atoms with Gasteiger partial charge in [0.2, 0.25) is 0 Å². The van der Waals surface area contributed by atoms with Crippen LogP contribution in [0.3, 0.4) is 0 Å². The van der Waals surface area contributed by atoms with Crippen molar-refractivity contribution < 1.29 is 56.5 Å². The van der Waals surface area contributed by atoms with Gasteiger partial charge in [-0.15, -0.1) is 0 Å². The lowest BCUT2D eigenvalue weighted by molar-refractivity contribution is -0.0503. The second kappa shape index (κ2) is 9.32. The van der Waals surface area contributed by atoms with Crippen LogP contribution >= 0.6 is 23.4 Å². The lowest BCUT2D eigenvalue weighted by atomic mass is 10.1. The number of rotatable bonds is 9. The van der Waals surface area contributed by atoms with Crippen molar-refractivity contribution in [1.82, 2.24) is 19.5 Å². The van der Waals surface area contributed by atoms with Crippen LogP contribution in [0.5, 0.6) is 0 Å². The van der Waals surface area contributed by atoms with Crippen molar-refractivity contribution in [1.29, 1.82) is 0 Å². The van der Waals surface area contributed by atoms with Gasteiger partial charge in [-0.2, -0.15) is 4.31 Å². The fourth-order valence-corrected chi connectivity index (χ4v) is 5.95. The van der Waals surface area contributed by atoms with Gasteiger partial charge in [-0.3, -0.25) is 13.7 Å². The molecule has 3 rings (SSSR count). The van der Waals surface area contributed by atoms with Gasteiger partial charge in [-0.25, -0.2) is 28.4 Å². The Balaban J connectivity index is 1.68. The Morgan fingerprint density at radius 3 is 2.52 bits per heavy atom. The number of nitrogens with zero attached hydrogens (tertiary/aromatic N) is 7. The van der Waals surface area contributed by atoms with Gasteiger partial charge in [0.1, 0.15) is 30.2 Å². The Labute approximate surface area is 182 Å². The number of phosphoric acid groups is 2. The molecule has 1 fully saturated rings. The number of aromatic nitrogens is 4. The van der Waals surface area contributed by atoms with Crippen molar-refractivity contribution in [3.63, 3.8) is 0 Å². The smallest absolute Gasteiger partial charge is 0.387 e. The number of azide groups is 1. The monoisotopic (exact) mass is 532 g/mol. The Morgan fingerprint density at radius 1 is 1.15 bits per heavy atom. The SMILES string of the molecule is [N-]=[N+]=NP(=O)(O)OP(=O)(O)OP(=O)(O)OC[C@H]1O[C@@H](n2cnc3c(N)ncnc32)[C@H](O)[C@@H]1O. The highest BCUT2D eigenvalue weighted by atomic mass is 31.3. The van der Waals surface area contributed by atoms with Crippen molar-refractivity contribution in [3.8, 4) is 0 Å². The van der Waals surface area contributed by atoms with E-state index in [9.17, 15) is 33.7 Å². The molecule has 0 radical (unpaired) electrons. The second-order valence-corrected chi connectivity index (χ2v) is 10.8. The maximum atomic E-state index is 11.9. The van der Waals surface area contributed by atoms with Gasteiger partial charge in [0.25, 0.3) is 0 Å². The van der Waals surface area contributed by atoms with Crippen LogP contribution in [-0.4, -0.2) is 69.3 Å². The fourth-order valence-electron chi connectivity index (χ4n) is 2.69. The van der Waals surface area contributed by atoms with E-state index in [1.807, 2.05) is 4.91 Å². The first-order valence-corrected chi connectivity index (χ1v) is 12.8. The zero-order valence-corrected chi connectivity index (χ0v) is 18.5. The van der Waals surface area contributed by atoms with Gasteiger partial charge in [0.15, 0.2) is 17.7 Å². The molecule has 0 amide bonds. The quantitative estimate of drug-likeness (QED) is 0.104. The van der Waals surface area contributed by atoms with Crippen LogP contribution < -0.4 is 5.73 Å². The lowest BCUT2D eigenvalue weighted by Gasteiger charge is -2.19. The first-order valence-electron chi connectivity index (χ1n) is 8.32. The molecule has 3 heterocycles. The lowest BCUT2D eigenvalue weighted by Crippen LogP contribution is -2.33. The molecule has 0 spiro atoms. The number of hydrogen-bond donors (Lipinski definition) is 6. The first kappa shape index (κ1) is 25.6. The van der Waals surface area contributed by atoms with Crippen LogP contribution in [0, 0.1) is 0 Å². The molecule has 1 aliphatic heterocycles. The van der Waals surface area contributed by atoms with Gasteiger partial charge in [-0.05, 0) is 5.53 Å². The molecule has 182 valence electrons. The molecule has 20 nitrogen and oxygen atoms in total. The number of ether oxygens (including phenoxy) is 1. The first-order chi connectivity index (χ1) is 15.3. The number of imidazole rings is 1. The molecule has 3 unspecified atom stereocenters. The summed E-state index contributed by atoms with van der Waals surface area (Å²) in [7, 11) is -16.6. The van der Waals surface area contributed by atoms with Crippen molar-refractivity contribution in [3.05, 3.63) is 23.1 Å². The second-order valence-electron chi connectivity index (χ2n) is 6.19. The number of aliphatic hydroxyl groups excluding tert-OH is 2. The van der Waals surface area contributed by atoms with E-state index >= 15 is 0 Å². The van der Waals surface area contributed by atoms with Crippen molar-refractivity contribution >= 4 is 40.4 Å². The summed E-state index contributed by atoms with van der Waals surface area (Å²) in [5.74, 6) is 0.0357. The standard InChI is InChI=1S/C10H15N8O12P3/c11-8-5-9(14-2-13-8)18(3-15-5)10-7(20)6(19)4(28-10)1-27-32(23,24)30-33(25,26)29-31(21,22)17-16-12/h2-4,6-7,10,19-20H,1H2,(H,21,22)(H,23,24)(H,25,26)(H2,11,13,14)/t4-,6-,7-,10-/m1/s1. The minimum absolute atomic E-state index is 0.0357. The third-order valence-electron chi connectivity index (χ3n) is 3.97. The molecule has 2 aromatic rings. The molecule has 1 saturated heterocycles. The molecule has 7 N–H and O–H groups in total. The summed E-state index contributed by atoms with van der Waals surface area (Å²) in [6.45, 7) is -0.973. The summed E-state index contributed by atoms with van der Waals surface area (Å²) in [5.41, 5.74) is 14.1. The van der Waals surface area contributed by atoms with Crippen molar-refractivity contribution in [2.24, 2.45) is 4.88 Å². The number of anilines is 1. The van der Waals surface area contributed by atoms with Crippen molar-refractivity contribution in [2.75, 3.05) is 12.3 Å². The average molecular weight is 532 g/mol. The molecular weight excluding hydrogens is 517 g/mol. The Bertz CT molecular complexity index is 1230. The normalized spacial score (nSPS) is 28.5. The van der Waals surface area contributed by atoms with E-state index in [1.54, 1.807) is 0 Å². The summed E-state index contributed by atoms with van der Waals surface area (Å²) < 4.78 is 53.3. The molecule has 33 heavy (non-hydrogen) atoms. The van der Waals surface area contributed by atoms with Crippen LogP contribution in [0.4, 0.5) is 5.82 Å². The van der Waals surface area contributed by atoms with Gasteiger partial charge in [-0.1, -0.05) is 0 Å². The van der Waals surface area contributed by atoms with E-state index in [1.165, 1.54) is 10.9 Å². The number of phosphoric ester groups is 1. The Morgan fingerprint density at radius 2 is 1.85 bits per heavy atom. The number of aliphatic hydroxyl groups is 2. The van der Waals surface area contributed by atoms with Crippen LogP contribution in [0.1, 0.15) is 6.23 Å². The Kier molecular flexibility index (Phi) is 7.24. The third-order valence-corrected chi connectivity index (χ3v) is 8.08. The van der Waals surface area contributed by atoms with Gasteiger partial charge < -0.3 is 35.4 Å². The van der Waals surface area contributed by atoms with Crippen LogP contribution in [0.2, 0.25) is 0 Å². The maximum absolute atomic E-state index is 11.9. The van der Waals surface area contributed by atoms with E-state index in [4.69, 9.17) is 20.9 Å². The molecule has 0 aromatic carbocycles. The van der Waals surface area contributed by atoms with Gasteiger partial charge in [0.05, 0.1) is 12.9 Å². The van der Waals surface area contributed by atoms with Crippen molar-refractivity contribution in [2.45, 2.75) is 24.5 Å². The van der Waals surface area contributed by atoms with Crippen LogP contribution in [0.25, 0.3) is 21.6 Å². The molecule has 1 aliphatic rings. The number of fused-ring (bicyclic) bond motifs is 1. The molecule has 0 saturated carbocycles. The predicted molar refractivity (Wildman–Crippen MR) is 102 cm³/mol. The summed E-state index contributed by atoms with van der Waals surface area (Å²) in [4.78, 5) is 43.7. The fraction of sp³-hybridized carbons (Fsp3) is 0.500. The molecule has 2 aromatic heterocycles. The summed E-state index contributed by atoms with van der Waals surface area (Å²) in [6.07, 6.45) is -3.76. The average Bonchev–Trinajstić information content (AvgIpc) is 3.21. The molecule has 0 aliphatic carbocycles. The molecule has 0 bridgehead atoms. The van der Waals surface area contributed by atoms with Crippen LogP contribution in [-0.2, 0) is 31.6 Å². The largest absolute Gasteiger partial charge is 0.488 e. The summed E-state index contributed by atoms with van der Waals surface area (Å²) in [5, 5.41) is 20.5. The zero-order chi connectivity index (χ0) is 24.6. The zero-order valence-electron chi connectivity index (χ0n) is 15.8. The van der Waals surface area contributed by atoms with E-state index in [0.29, 0.717) is 0 Å². The Hall–Kier alpha value is -2.01. The van der Waals surface area contributed by atoms with Gasteiger partial charge >= 0.3 is 23.4 Å². The topological polar surface area (TPSA) is 308 Å². The molecule has 7 atom stereocenters. The van der Waals surface area contributed by atoms with Gasteiger partial charge in [0, 0.05) is 9.80 Å². The van der Waals surface area contributed by atoms with E-state index in [-0.39, 0.29) is 17.0 Å². The van der Waals surface area contributed by atoms with E-state index in [0.717, 1.165) is 6.33 Å². The number of hydrogen-bond acceptors (Lipinski definition) is 13. The highest BCUT2D eigenvalue weighted by Gasteiger charge is 2.47. The number of nitrogen functional groups attached to an aromatic ring is 1. The minimum atomic E-state index is -5.74. The summed E-state index contributed by atoms with van der Waals surface area (Å²) >= 11 is 0. The highest BCUT2D eigenvalue weighted by Crippen LogP contribution is 2.67. The molecule has 23 heteroatoms. The minimum Gasteiger partial charge on any atom is -0.387 e. The van der Waals surface area contributed by atoms with Crippen LogP contribution in [0.15, 0.2) is 17.5 Å². The number of nitrogens with two attached hydrogens (primary N) is 1. The third kappa shape index (κ3) is 5.92. The predicted octanol–water partition coefficient (Wildman–Crippen LogP) is -0.311. The summed E-state index contributed by atoms with van der Waals surface area (Å²) in [6, 6.07) is 0. The van der Waals surface area contributed by atoms with E-state index < -0.39 is 54.5 Å².